The van der Waals surface area contributed by atoms with E-state index in [1.807, 2.05) is 6.07 Å². The van der Waals surface area contributed by atoms with Crippen molar-refractivity contribution in [3.8, 4) is 17.2 Å². The second kappa shape index (κ2) is 9.59. The fourth-order valence-corrected chi connectivity index (χ4v) is 12.6. The molecule has 0 saturated carbocycles. The van der Waals surface area contributed by atoms with Crippen LogP contribution in [-0.4, -0.2) is 21.3 Å². The van der Waals surface area contributed by atoms with Crippen LogP contribution in [-0.2, 0) is 6.16 Å². The fourth-order valence-electron chi connectivity index (χ4n) is 4.55. The third kappa shape index (κ3) is 3.92. The quantitative estimate of drug-likeness (QED) is 0.263. The number of benzene rings is 4. The normalized spacial score (nSPS) is 12.4. The summed E-state index contributed by atoms with van der Waals surface area (Å²) < 4.78 is 17.5. The number of hydrogen-bond donors (Lipinski definition) is 0. The molecule has 0 heterocycles. The zero-order chi connectivity index (χ0) is 23.3. The fraction of sp³-hybridized carbons (Fsp3) is 0.143. The molecule has 0 aliphatic rings. The van der Waals surface area contributed by atoms with Crippen LogP contribution in [0.3, 0.4) is 0 Å². The van der Waals surface area contributed by atoms with E-state index in [9.17, 15) is 0 Å². The number of hydrogen-bond acceptors (Lipinski definition) is 3. The van der Waals surface area contributed by atoms with Gasteiger partial charge in [-0.1, -0.05) is 0 Å². The summed E-state index contributed by atoms with van der Waals surface area (Å²) in [5.74, 6) is 1.90. The number of halogens is 1. The van der Waals surface area contributed by atoms with Crippen LogP contribution in [0.4, 0.5) is 0 Å². The molecule has 0 spiro atoms. The van der Waals surface area contributed by atoms with Crippen molar-refractivity contribution in [2.45, 2.75) is 6.16 Å². The minimum absolute atomic E-state index is 0.589. The van der Waals surface area contributed by atoms with Crippen LogP contribution in [0, 0.1) is 0 Å². The number of ether oxygens (including phenoxy) is 3. The van der Waals surface area contributed by atoms with E-state index < -0.39 is 5.31 Å². The van der Waals surface area contributed by atoms with E-state index in [1.165, 1.54) is 16.2 Å². The average molecular weight is 523 g/mol. The molecule has 4 aromatic carbocycles. The molecule has 4 aromatic rings. The molecule has 170 valence electrons. The molecular weight excluding hydrogens is 495 g/mol. The van der Waals surface area contributed by atoms with E-state index in [2.05, 4.69) is 113 Å². The zero-order valence-electron chi connectivity index (χ0n) is 19.1. The summed E-state index contributed by atoms with van der Waals surface area (Å²) in [4.78, 5) is 0. The van der Waals surface area contributed by atoms with Gasteiger partial charge in [-0.05, 0) is 0 Å². The maximum absolute atomic E-state index is 6.06. The van der Waals surface area contributed by atoms with Gasteiger partial charge in [-0.2, -0.15) is 0 Å². The Labute approximate surface area is 204 Å². The van der Waals surface area contributed by atoms with Crippen molar-refractivity contribution in [2.75, 3.05) is 21.3 Å². The molecule has 0 saturated heterocycles. The van der Waals surface area contributed by atoms with Gasteiger partial charge in [0.15, 0.2) is 0 Å². The van der Waals surface area contributed by atoms with E-state index in [1.54, 1.807) is 21.3 Å². The summed E-state index contributed by atoms with van der Waals surface area (Å²) in [6.45, 7) is 0. The van der Waals surface area contributed by atoms with Gasteiger partial charge in [-0.25, -0.2) is 0 Å². The van der Waals surface area contributed by atoms with Crippen molar-refractivity contribution in [3.63, 3.8) is 0 Å². The van der Waals surface area contributed by atoms with Gasteiger partial charge in [0, 0.05) is 0 Å². The van der Waals surface area contributed by atoms with Gasteiger partial charge in [0.05, 0.1) is 0 Å². The minimum atomic E-state index is -3.29. The molecule has 0 aliphatic carbocycles. The Hall–Kier alpha value is -2.81. The average Bonchev–Trinajstić information content (AvgIpc) is 2.89. The number of rotatable bonds is 8. The van der Waals surface area contributed by atoms with E-state index in [0.717, 1.165) is 11.5 Å². The molecule has 0 aromatic heterocycles. The third-order valence-corrected chi connectivity index (χ3v) is 15.5. The molecule has 0 amide bonds. The monoisotopic (exact) mass is 522 g/mol. The molecule has 0 atom stereocenters. The van der Waals surface area contributed by atoms with Gasteiger partial charge >= 0.3 is 204 Å². The summed E-state index contributed by atoms with van der Waals surface area (Å²) in [6.07, 6.45) is 0.770. The molecule has 5 heteroatoms. The van der Waals surface area contributed by atoms with Crippen molar-refractivity contribution in [3.05, 3.63) is 109 Å². The van der Waals surface area contributed by atoms with E-state index >= 15 is 0 Å². The Morgan fingerprint density at radius 3 is 1.52 bits per heavy atom. The second-order valence-electron chi connectivity index (χ2n) is 7.85. The van der Waals surface area contributed by atoms with Gasteiger partial charge < -0.3 is 0 Å². The molecular formula is C28H28BrO3P. The first-order valence-electron chi connectivity index (χ1n) is 10.7. The van der Waals surface area contributed by atoms with Crippen LogP contribution in [0.25, 0.3) is 0 Å². The SMILES string of the molecule is COc1ccc(P(Br)(Cc2ccccc2)(c2ccccc2)c2ccccc2)c(OC)c1OC. The molecule has 0 radical (unpaired) electrons. The van der Waals surface area contributed by atoms with Crippen LogP contribution >= 0.6 is 20.8 Å². The predicted octanol–water partition coefficient (Wildman–Crippen LogP) is 6.05. The van der Waals surface area contributed by atoms with Crippen molar-refractivity contribution >= 4 is 36.7 Å². The Kier molecular flexibility index (Phi) is 6.78. The Bertz CT molecular complexity index is 1170. The van der Waals surface area contributed by atoms with E-state index in [0.29, 0.717) is 17.2 Å². The first kappa shape index (κ1) is 23.4. The van der Waals surface area contributed by atoms with Crippen LogP contribution < -0.4 is 30.1 Å². The summed E-state index contributed by atoms with van der Waals surface area (Å²) in [6, 6.07) is 36.0. The van der Waals surface area contributed by atoms with Crippen LogP contribution in [0.2, 0.25) is 0 Å². The first-order valence-corrected chi connectivity index (χ1v) is 15.2. The van der Waals surface area contributed by atoms with Crippen LogP contribution in [0.5, 0.6) is 17.2 Å². The van der Waals surface area contributed by atoms with Crippen LogP contribution in [0.1, 0.15) is 5.56 Å². The summed E-state index contributed by atoms with van der Waals surface area (Å²) in [5, 5.41) is 0.195. The molecule has 0 aliphatic heterocycles. The molecule has 0 N–H and O–H groups in total. The Morgan fingerprint density at radius 2 is 1.06 bits per heavy atom. The molecule has 0 fully saturated rings. The third-order valence-electron chi connectivity index (χ3n) is 6.10. The summed E-state index contributed by atoms with van der Waals surface area (Å²) >= 11 is 4.51. The summed E-state index contributed by atoms with van der Waals surface area (Å²) in [5.41, 5.74) is 1.23. The van der Waals surface area contributed by atoms with E-state index in [4.69, 9.17) is 14.2 Å². The zero-order valence-corrected chi connectivity index (χ0v) is 21.6. The van der Waals surface area contributed by atoms with Crippen molar-refractivity contribution in [2.24, 2.45) is 0 Å². The van der Waals surface area contributed by atoms with Gasteiger partial charge in [0.2, 0.25) is 0 Å². The van der Waals surface area contributed by atoms with E-state index in [-0.39, 0.29) is 0 Å². The number of methoxy groups -OCH3 is 3. The van der Waals surface area contributed by atoms with Crippen molar-refractivity contribution in [1.29, 1.82) is 0 Å². The maximum atomic E-state index is 6.06. The second-order valence-corrected chi connectivity index (χ2v) is 16.7. The first-order chi connectivity index (χ1) is 16.1. The van der Waals surface area contributed by atoms with Gasteiger partial charge in [0.1, 0.15) is 0 Å². The molecule has 3 nitrogen and oxygen atoms in total. The summed E-state index contributed by atoms with van der Waals surface area (Å²) in [7, 11) is 4.98. The Balaban J connectivity index is 2.19. The van der Waals surface area contributed by atoms with Gasteiger partial charge in [-0.3, -0.25) is 0 Å². The van der Waals surface area contributed by atoms with Gasteiger partial charge in [-0.15, -0.1) is 0 Å². The van der Waals surface area contributed by atoms with Crippen LogP contribution in [0.15, 0.2) is 103 Å². The van der Waals surface area contributed by atoms with Crippen molar-refractivity contribution in [1.82, 2.24) is 0 Å². The standard InChI is InChI=1S/C28H28BrO3P/c1-30-25-19-20-26(28(32-3)27(25)31-2)33(29,23-15-9-5-10-16-23,24-17-11-6-12-18-24)21-22-13-7-4-8-14-22/h4-20H,21H2,1-3H3. The topological polar surface area (TPSA) is 27.7 Å². The molecule has 33 heavy (non-hydrogen) atoms. The molecule has 0 bridgehead atoms. The predicted molar refractivity (Wildman–Crippen MR) is 144 cm³/mol. The van der Waals surface area contributed by atoms with Crippen molar-refractivity contribution < 1.29 is 14.2 Å². The van der Waals surface area contributed by atoms with Gasteiger partial charge in [0.25, 0.3) is 0 Å². The molecule has 4 rings (SSSR count). The Morgan fingerprint density at radius 1 is 0.576 bits per heavy atom. The molecule has 0 unspecified atom stereocenters.